The van der Waals surface area contributed by atoms with Crippen LogP contribution >= 0.6 is 15.9 Å². The summed E-state index contributed by atoms with van der Waals surface area (Å²) in [5.41, 5.74) is 7.42. The largest absolute Gasteiger partial charge is 0.379 e. The molecule has 3 heterocycles. The van der Waals surface area contributed by atoms with Crippen molar-refractivity contribution in [2.75, 3.05) is 38.2 Å². The Morgan fingerprint density at radius 3 is 2.71 bits per heavy atom. The minimum Gasteiger partial charge on any atom is -0.379 e. The normalized spacial score (nSPS) is 15.8. The van der Waals surface area contributed by atoms with Crippen LogP contribution in [0.3, 0.4) is 0 Å². The van der Waals surface area contributed by atoms with Gasteiger partial charge in [0.15, 0.2) is 5.69 Å². The van der Waals surface area contributed by atoms with Crippen LogP contribution in [-0.4, -0.2) is 63.4 Å². The molecular weight excluding hydrogens is 594 g/mol. The predicted molar refractivity (Wildman–Crippen MR) is 167 cm³/mol. The number of fused-ring (bicyclic) bond motifs is 3. The van der Waals surface area contributed by atoms with Crippen LogP contribution in [0.5, 0.6) is 0 Å². The summed E-state index contributed by atoms with van der Waals surface area (Å²) in [5.74, 6) is 0.368. The number of rotatable bonds is 8. The zero-order chi connectivity index (χ0) is 29.1. The van der Waals surface area contributed by atoms with E-state index < -0.39 is 0 Å². The van der Waals surface area contributed by atoms with Gasteiger partial charge in [0.2, 0.25) is 5.95 Å². The van der Waals surface area contributed by atoms with Crippen molar-refractivity contribution in [3.63, 3.8) is 0 Å². The number of anilines is 2. The van der Waals surface area contributed by atoms with Crippen molar-refractivity contribution in [3.8, 4) is 11.4 Å². The second-order valence-electron chi connectivity index (χ2n) is 10.9. The minimum absolute atomic E-state index is 0.160. The first-order valence-corrected chi connectivity index (χ1v) is 15.4. The lowest BCUT2D eigenvalue weighted by Crippen LogP contribution is -2.43. The Balaban J connectivity index is 1.30. The molecular formula is C32H36BrN7O2. The van der Waals surface area contributed by atoms with E-state index in [0.29, 0.717) is 24.9 Å². The Labute approximate surface area is 254 Å². The Morgan fingerprint density at radius 2 is 1.93 bits per heavy atom. The number of carbonyl (C=O) groups excluding carboxylic acids is 1. The van der Waals surface area contributed by atoms with Gasteiger partial charge in [-0.05, 0) is 60.6 Å². The molecule has 1 amide bonds. The Kier molecular flexibility index (Phi) is 8.64. The van der Waals surface area contributed by atoms with Crippen molar-refractivity contribution < 1.29 is 9.53 Å². The summed E-state index contributed by atoms with van der Waals surface area (Å²) < 4.78 is 8.39. The predicted octanol–water partition coefficient (Wildman–Crippen LogP) is 5.24. The van der Waals surface area contributed by atoms with E-state index >= 15 is 0 Å². The highest BCUT2D eigenvalue weighted by molar-refractivity contribution is 9.10. The van der Waals surface area contributed by atoms with Gasteiger partial charge in [0.05, 0.1) is 30.6 Å². The monoisotopic (exact) mass is 629 g/mol. The van der Waals surface area contributed by atoms with E-state index in [1.807, 2.05) is 48.3 Å². The summed E-state index contributed by atoms with van der Waals surface area (Å²) in [6.45, 7) is 5.97. The number of amides is 1. The third-order valence-corrected chi connectivity index (χ3v) is 8.56. The van der Waals surface area contributed by atoms with Gasteiger partial charge in [0.25, 0.3) is 5.91 Å². The van der Waals surface area contributed by atoms with E-state index in [9.17, 15) is 4.79 Å². The second-order valence-corrected chi connectivity index (χ2v) is 11.8. The van der Waals surface area contributed by atoms with Gasteiger partial charge in [-0.2, -0.15) is 5.10 Å². The number of hydrogen-bond acceptors (Lipinski definition) is 7. The third kappa shape index (κ3) is 6.11. The topological polar surface area (TPSA) is 97.2 Å². The Bertz CT molecular complexity index is 1570. The average molecular weight is 631 g/mol. The number of carbonyl (C=O) groups is 1. The summed E-state index contributed by atoms with van der Waals surface area (Å²) in [7, 11) is 1.90. The highest BCUT2D eigenvalue weighted by Gasteiger charge is 2.29. The molecule has 1 aliphatic carbocycles. The maximum Gasteiger partial charge on any atom is 0.272 e. The van der Waals surface area contributed by atoms with Gasteiger partial charge in [0.1, 0.15) is 0 Å². The quantitative estimate of drug-likeness (QED) is 0.275. The van der Waals surface area contributed by atoms with Crippen LogP contribution in [0, 0.1) is 0 Å². The number of ether oxygens (including phenoxy) is 1. The Morgan fingerprint density at radius 1 is 1.12 bits per heavy atom. The molecule has 1 aliphatic heterocycles. The molecule has 218 valence electrons. The molecule has 1 atom stereocenters. The molecule has 0 spiro atoms. The van der Waals surface area contributed by atoms with Crippen LogP contribution in [0.4, 0.5) is 11.6 Å². The first-order chi connectivity index (χ1) is 20.5. The molecule has 10 heteroatoms. The van der Waals surface area contributed by atoms with Crippen molar-refractivity contribution in [3.05, 3.63) is 87.1 Å². The SMILES string of the molecule is CCc1cc(Br)ccc1Nc1ncc2c(n1)-c1c(c(C(=O)N[C@H](CN3CCOCC3)c3ccccc3)nn1C)CCC2. The molecule has 1 fully saturated rings. The van der Waals surface area contributed by atoms with Crippen molar-refractivity contribution >= 4 is 33.5 Å². The highest BCUT2D eigenvalue weighted by Crippen LogP contribution is 2.34. The lowest BCUT2D eigenvalue weighted by atomic mass is 10.0. The summed E-state index contributed by atoms with van der Waals surface area (Å²) in [5, 5.41) is 11.5. The lowest BCUT2D eigenvalue weighted by molar-refractivity contribution is 0.0332. The first-order valence-electron chi connectivity index (χ1n) is 14.6. The van der Waals surface area contributed by atoms with Crippen molar-refractivity contribution in [2.45, 2.75) is 38.6 Å². The molecule has 1 saturated heterocycles. The van der Waals surface area contributed by atoms with Crippen molar-refractivity contribution in [2.24, 2.45) is 7.05 Å². The smallest absolute Gasteiger partial charge is 0.272 e. The van der Waals surface area contributed by atoms with E-state index in [1.54, 1.807) is 0 Å². The number of aryl methyl sites for hydroxylation is 3. The number of morpholine rings is 1. The standard InChI is InChI=1S/C32H36BrN7O2/c1-3-21-18-24(33)12-13-26(21)36-32-34-19-23-10-7-11-25-29(38-39(2)30(25)28(23)37-32)31(41)35-27(22-8-5-4-6-9-22)20-40-14-16-42-17-15-40/h4-6,8-9,12-13,18-19,27H,3,7,10-11,14-17,20H2,1-2H3,(H,35,41)(H,34,36,37)/t27-/m1/s1. The van der Waals surface area contributed by atoms with Gasteiger partial charge < -0.3 is 15.4 Å². The zero-order valence-corrected chi connectivity index (χ0v) is 25.7. The molecule has 42 heavy (non-hydrogen) atoms. The van der Waals surface area contributed by atoms with E-state index in [-0.39, 0.29) is 11.9 Å². The second kappa shape index (κ2) is 12.7. The molecule has 2 aromatic carbocycles. The highest BCUT2D eigenvalue weighted by atomic mass is 79.9. The minimum atomic E-state index is -0.163. The van der Waals surface area contributed by atoms with Crippen molar-refractivity contribution in [1.82, 2.24) is 30.0 Å². The molecule has 9 nitrogen and oxygen atoms in total. The summed E-state index contributed by atoms with van der Waals surface area (Å²) in [4.78, 5) is 25.9. The maximum absolute atomic E-state index is 13.9. The molecule has 2 aromatic heterocycles. The molecule has 2 aliphatic rings. The number of aromatic nitrogens is 4. The van der Waals surface area contributed by atoms with E-state index in [4.69, 9.17) is 14.8 Å². The fraction of sp³-hybridized carbons (Fsp3) is 0.375. The van der Waals surface area contributed by atoms with Gasteiger partial charge in [-0.15, -0.1) is 0 Å². The molecule has 4 aromatic rings. The molecule has 0 saturated carbocycles. The van der Waals surface area contributed by atoms with Gasteiger partial charge in [-0.25, -0.2) is 9.97 Å². The van der Waals surface area contributed by atoms with E-state index in [2.05, 4.69) is 61.6 Å². The summed E-state index contributed by atoms with van der Waals surface area (Å²) in [6, 6.07) is 16.2. The number of hydrogen-bond donors (Lipinski definition) is 2. The number of nitrogens with one attached hydrogen (secondary N) is 2. The van der Waals surface area contributed by atoms with Crippen LogP contribution in [0.2, 0.25) is 0 Å². The number of nitrogens with zero attached hydrogens (tertiary/aromatic N) is 5. The molecule has 2 N–H and O–H groups in total. The summed E-state index contributed by atoms with van der Waals surface area (Å²) >= 11 is 3.56. The van der Waals surface area contributed by atoms with Crippen LogP contribution in [0.25, 0.3) is 11.4 Å². The van der Waals surface area contributed by atoms with Crippen LogP contribution in [-0.2, 0) is 31.0 Å². The van der Waals surface area contributed by atoms with Crippen LogP contribution < -0.4 is 10.6 Å². The van der Waals surface area contributed by atoms with Gasteiger partial charge in [-0.1, -0.05) is 53.2 Å². The van der Waals surface area contributed by atoms with Gasteiger partial charge in [-0.3, -0.25) is 14.4 Å². The maximum atomic E-state index is 13.9. The average Bonchev–Trinajstić information content (AvgIpc) is 3.22. The summed E-state index contributed by atoms with van der Waals surface area (Å²) in [6.07, 6.45) is 5.27. The number of benzene rings is 2. The molecule has 0 bridgehead atoms. The van der Waals surface area contributed by atoms with E-state index in [0.717, 1.165) is 83.6 Å². The number of halogens is 1. The fourth-order valence-corrected chi connectivity index (χ4v) is 6.29. The zero-order valence-electron chi connectivity index (χ0n) is 24.1. The van der Waals surface area contributed by atoms with Crippen LogP contribution in [0.15, 0.2) is 59.2 Å². The lowest BCUT2D eigenvalue weighted by Gasteiger charge is -2.31. The van der Waals surface area contributed by atoms with Gasteiger partial charge in [0, 0.05) is 48.6 Å². The van der Waals surface area contributed by atoms with Gasteiger partial charge >= 0.3 is 0 Å². The Hall–Kier alpha value is -3.60. The molecule has 0 radical (unpaired) electrons. The van der Waals surface area contributed by atoms with Crippen molar-refractivity contribution in [1.29, 1.82) is 0 Å². The third-order valence-electron chi connectivity index (χ3n) is 8.07. The molecule has 0 unspecified atom stereocenters. The fourth-order valence-electron chi connectivity index (χ4n) is 5.88. The molecule has 6 rings (SSSR count). The van der Waals surface area contributed by atoms with Crippen LogP contribution in [0.1, 0.15) is 52.1 Å². The first kappa shape index (κ1) is 28.5. The van der Waals surface area contributed by atoms with E-state index in [1.165, 1.54) is 5.56 Å².